The van der Waals surface area contributed by atoms with E-state index >= 15 is 0 Å². The lowest BCUT2D eigenvalue weighted by Gasteiger charge is -2.35. The van der Waals surface area contributed by atoms with Crippen molar-refractivity contribution in [3.05, 3.63) is 59.7 Å². The molecule has 8 heteroatoms. The molecule has 1 spiro atoms. The summed E-state index contributed by atoms with van der Waals surface area (Å²) in [7, 11) is 0. The van der Waals surface area contributed by atoms with E-state index in [0.717, 1.165) is 22.6 Å². The first-order valence-electron chi connectivity index (χ1n) is 11.8. The molecule has 4 bridgehead atoms. The molecule has 7 nitrogen and oxygen atoms in total. The van der Waals surface area contributed by atoms with E-state index < -0.39 is 11.5 Å². The first kappa shape index (κ1) is 22.8. The predicted octanol–water partition coefficient (Wildman–Crippen LogP) is 2.90. The smallest absolute Gasteiger partial charge is 0.240 e. The van der Waals surface area contributed by atoms with Gasteiger partial charge in [0.15, 0.2) is 0 Å². The molecule has 0 aromatic heterocycles. The maximum absolute atomic E-state index is 14.2. The summed E-state index contributed by atoms with van der Waals surface area (Å²) in [5.41, 5.74) is 1.59. The Bertz CT molecular complexity index is 1120. The highest BCUT2D eigenvalue weighted by atomic mass is 32.2. The van der Waals surface area contributed by atoms with Crippen molar-refractivity contribution in [2.24, 2.45) is 0 Å². The average molecular weight is 480 g/mol. The minimum atomic E-state index is -0.938. The van der Waals surface area contributed by atoms with Crippen LogP contribution < -0.4 is 15.0 Å². The van der Waals surface area contributed by atoms with Crippen molar-refractivity contribution in [2.45, 2.75) is 31.2 Å². The van der Waals surface area contributed by atoms with Crippen molar-refractivity contribution in [3.8, 4) is 5.75 Å². The SMILES string of the molecule is CCSCC(=O)N1CC[C@]23C(=O)N(CC(=O)NCCCOc4cccc(c4)[C@H]12)c1ccccc13. The molecule has 178 valence electrons. The Hall–Kier alpha value is -3.00. The second-order valence-electron chi connectivity index (χ2n) is 8.88. The van der Waals surface area contributed by atoms with E-state index in [1.54, 1.807) is 16.7 Å². The minimum absolute atomic E-state index is 0.0302. The number of hydrogen-bond acceptors (Lipinski definition) is 5. The van der Waals surface area contributed by atoms with Crippen LogP contribution >= 0.6 is 11.8 Å². The zero-order chi connectivity index (χ0) is 23.7. The van der Waals surface area contributed by atoms with Crippen molar-refractivity contribution in [3.63, 3.8) is 0 Å². The minimum Gasteiger partial charge on any atom is -0.494 e. The zero-order valence-electron chi connectivity index (χ0n) is 19.3. The molecule has 2 aromatic carbocycles. The maximum Gasteiger partial charge on any atom is 0.240 e. The van der Waals surface area contributed by atoms with Crippen LogP contribution in [0.15, 0.2) is 48.5 Å². The quantitative estimate of drug-likeness (QED) is 0.733. The molecule has 0 saturated carbocycles. The Balaban J connectivity index is 1.68. The van der Waals surface area contributed by atoms with Crippen LogP contribution in [0.3, 0.4) is 0 Å². The van der Waals surface area contributed by atoms with Gasteiger partial charge in [-0.3, -0.25) is 14.4 Å². The third-order valence-corrected chi connectivity index (χ3v) is 7.82. The third kappa shape index (κ3) is 3.74. The molecule has 0 radical (unpaired) electrons. The number of fused-ring (bicyclic) bond motifs is 6. The van der Waals surface area contributed by atoms with Gasteiger partial charge >= 0.3 is 0 Å². The van der Waals surface area contributed by atoms with Crippen molar-refractivity contribution in [1.29, 1.82) is 0 Å². The van der Waals surface area contributed by atoms with E-state index in [1.807, 2.05) is 60.4 Å². The van der Waals surface area contributed by atoms with E-state index in [2.05, 4.69) is 5.32 Å². The van der Waals surface area contributed by atoms with Gasteiger partial charge in [0.2, 0.25) is 17.7 Å². The van der Waals surface area contributed by atoms with Gasteiger partial charge in [0.25, 0.3) is 0 Å². The van der Waals surface area contributed by atoms with Gasteiger partial charge in [-0.15, -0.1) is 0 Å². The summed E-state index contributed by atoms with van der Waals surface area (Å²) < 4.78 is 5.95. The number of thioether (sulfide) groups is 1. The number of para-hydroxylation sites is 1. The Kier molecular flexibility index (Phi) is 6.25. The highest BCUT2D eigenvalue weighted by Crippen LogP contribution is 2.56. The summed E-state index contributed by atoms with van der Waals surface area (Å²) in [6, 6.07) is 15.0. The molecule has 5 rings (SSSR count). The number of carbonyl (C=O) groups is 3. The molecule has 3 amide bonds. The van der Waals surface area contributed by atoms with Gasteiger partial charge in [-0.2, -0.15) is 11.8 Å². The Labute approximate surface area is 203 Å². The standard InChI is InChI=1S/C26H29N3O4S/c1-2-34-17-23(31)28-13-11-26-20-9-3-4-10-21(20)29(25(26)32)16-22(30)27-12-6-14-33-19-8-5-7-18(15-19)24(26)28/h3-5,7-10,15,24H,2,6,11-14,16-17H2,1H3,(H,27,30)/t24-,26+/m0/s1. The average Bonchev–Trinajstić information content (AvgIpc) is 3.35. The Morgan fingerprint density at radius 3 is 2.91 bits per heavy atom. The summed E-state index contributed by atoms with van der Waals surface area (Å²) in [5, 5.41) is 2.90. The number of benzene rings is 2. The monoisotopic (exact) mass is 479 g/mol. The van der Waals surface area contributed by atoms with Crippen LogP contribution in [0.5, 0.6) is 5.75 Å². The van der Waals surface area contributed by atoms with Gasteiger partial charge in [0.05, 0.1) is 18.4 Å². The van der Waals surface area contributed by atoms with Gasteiger partial charge in [-0.25, -0.2) is 0 Å². The van der Waals surface area contributed by atoms with E-state index in [1.165, 1.54) is 0 Å². The number of nitrogens with zero attached hydrogens (tertiary/aromatic N) is 2. The van der Waals surface area contributed by atoms with E-state index in [-0.39, 0.29) is 24.3 Å². The molecule has 1 fully saturated rings. The first-order chi connectivity index (χ1) is 16.6. The fraction of sp³-hybridized carbons (Fsp3) is 0.423. The number of amides is 3. The maximum atomic E-state index is 14.2. The highest BCUT2D eigenvalue weighted by Gasteiger charge is 2.61. The summed E-state index contributed by atoms with van der Waals surface area (Å²) in [6.45, 7) is 3.43. The number of ether oxygens (including phenoxy) is 1. The van der Waals surface area contributed by atoms with Crippen molar-refractivity contribution in [2.75, 3.05) is 42.6 Å². The van der Waals surface area contributed by atoms with Crippen LogP contribution in [0.2, 0.25) is 0 Å². The summed E-state index contributed by atoms with van der Waals surface area (Å²) in [6.07, 6.45) is 1.17. The second-order valence-corrected chi connectivity index (χ2v) is 10.2. The van der Waals surface area contributed by atoms with Crippen LogP contribution in [0.25, 0.3) is 0 Å². The van der Waals surface area contributed by atoms with Crippen LogP contribution in [0.4, 0.5) is 5.69 Å². The second kappa shape index (κ2) is 9.33. The molecule has 2 atom stereocenters. The van der Waals surface area contributed by atoms with Gasteiger partial charge in [0.1, 0.15) is 17.7 Å². The number of rotatable bonds is 3. The van der Waals surface area contributed by atoms with Crippen LogP contribution in [-0.4, -0.2) is 60.4 Å². The van der Waals surface area contributed by atoms with E-state index in [9.17, 15) is 14.4 Å². The fourth-order valence-corrected chi connectivity index (χ4v) is 6.06. The molecule has 3 aliphatic rings. The van der Waals surface area contributed by atoms with Gasteiger partial charge in [-0.1, -0.05) is 37.3 Å². The molecule has 1 saturated heterocycles. The lowest BCUT2D eigenvalue weighted by atomic mass is 9.72. The van der Waals surface area contributed by atoms with Crippen LogP contribution in [-0.2, 0) is 19.8 Å². The van der Waals surface area contributed by atoms with Crippen molar-refractivity contribution >= 4 is 35.2 Å². The number of likely N-dealkylation sites (tertiary alicyclic amines) is 1. The van der Waals surface area contributed by atoms with Gasteiger partial charge < -0.3 is 19.9 Å². The molecule has 2 aromatic rings. The fourth-order valence-electron chi connectivity index (χ4n) is 5.51. The topological polar surface area (TPSA) is 79.0 Å². The molecular formula is C26H29N3O4S. The van der Waals surface area contributed by atoms with E-state index in [0.29, 0.717) is 44.0 Å². The van der Waals surface area contributed by atoms with E-state index in [4.69, 9.17) is 4.74 Å². The molecule has 0 unspecified atom stereocenters. The molecular weight excluding hydrogens is 450 g/mol. The lowest BCUT2D eigenvalue weighted by molar-refractivity contribution is -0.132. The third-order valence-electron chi connectivity index (χ3n) is 6.97. The van der Waals surface area contributed by atoms with Gasteiger partial charge in [0, 0.05) is 18.8 Å². The number of anilines is 1. The van der Waals surface area contributed by atoms with Crippen LogP contribution in [0, 0.1) is 0 Å². The van der Waals surface area contributed by atoms with Gasteiger partial charge in [-0.05, 0) is 47.9 Å². The normalized spacial score (nSPS) is 24.1. The van der Waals surface area contributed by atoms with Crippen LogP contribution in [0.1, 0.15) is 36.9 Å². The summed E-state index contributed by atoms with van der Waals surface area (Å²) >= 11 is 1.58. The molecule has 0 aliphatic carbocycles. The Morgan fingerprint density at radius 1 is 1.21 bits per heavy atom. The largest absolute Gasteiger partial charge is 0.494 e. The summed E-state index contributed by atoms with van der Waals surface area (Å²) in [4.78, 5) is 43.8. The lowest BCUT2D eigenvalue weighted by Crippen LogP contribution is -2.48. The number of hydrogen-bond donors (Lipinski definition) is 1. The van der Waals surface area contributed by atoms with Crippen molar-refractivity contribution in [1.82, 2.24) is 10.2 Å². The molecule has 3 heterocycles. The first-order valence-corrected chi connectivity index (χ1v) is 13.0. The molecule has 3 aliphatic heterocycles. The van der Waals surface area contributed by atoms with Crippen molar-refractivity contribution < 1.29 is 19.1 Å². The Morgan fingerprint density at radius 2 is 2.06 bits per heavy atom. The molecule has 1 N–H and O–H groups in total. The number of carbonyl (C=O) groups excluding carboxylic acids is 3. The molecule has 34 heavy (non-hydrogen) atoms. The zero-order valence-corrected chi connectivity index (χ0v) is 20.1. The highest BCUT2D eigenvalue weighted by molar-refractivity contribution is 7.99. The summed E-state index contributed by atoms with van der Waals surface area (Å²) in [5.74, 6) is 1.65. The predicted molar refractivity (Wildman–Crippen MR) is 132 cm³/mol. The number of nitrogens with one attached hydrogen (secondary N) is 1.